The minimum absolute atomic E-state index is 0. The Morgan fingerprint density at radius 2 is 2.14 bits per heavy atom. The van der Waals surface area contributed by atoms with E-state index in [1.807, 2.05) is 14.0 Å². The molecule has 2 rings (SSSR count). The zero-order valence-electron chi connectivity index (χ0n) is 13.8. The van der Waals surface area contributed by atoms with Crippen LogP contribution >= 0.6 is 24.0 Å². The van der Waals surface area contributed by atoms with Crippen molar-refractivity contribution in [1.29, 1.82) is 0 Å². The van der Waals surface area contributed by atoms with Crippen molar-refractivity contribution in [2.75, 3.05) is 53.1 Å². The molecule has 0 spiro atoms. The summed E-state index contributed by atoms with van der Waals surface area (Å²) in [5.41, 5.74) is 0. The maximum atomic E-state index is 5.87. The van der Waals surface area contributed by atoms with Crippen molar-refractivity contribution in [2.24, 2.45) is 4.99 Å². The lowest BCUT2D eigenvalue weighted by molar-refractivity contribution is -0.0817. The van der Waals surface area contributed by atoms with Gasteiger partial charge in [0.25, 0.3) is 0 Å². The highest BCUT2D eigenvalue weighted by Gasteiger charge is 2.32. The molecular formula is C15H30IN3O3. The van der Waals surface area contributed by atoms with Gasteiger partial charge >= 0.3 is 0 Å². The van der Waals surface area contributed by atoms with Gasteiger partial charge in [-0.2, -0.15) is 0 Å². The molecule has 7 heteroatoms. The predicted octanol–water partition coefficient (Wildman–Crippen LogP) is 1.49. The highest BCUT2D eigenvalue weighted by Crippen LogP contribution is 2.20. The van der Waals surface area contributed by atoms with Crippen LogP contribution in [0.4, 0.5) is 0 Å². The van der Waals surface area contributed by atoms with Gasteiger partial charge in [-0.15, -0.1) is 24.0 Å². The summed E-state index contributed by atoms with van der Waals surface area (Å²) in [5, 5.41) is 3.41. The number of aliphatic imine (C=N–C) groups is 1. The fraction of sp³-hybridized carbons (Fsp3) is 0.933. The highest BCUT2D eigenvalue weighted by molar-refractivity contribution is 14.0. The van der Waals surface area contributed by atoms with Crippen LogP contribution in [-0.2, 0) is 14.2 Å². The Hall–Kier alpha value is -0.120. The fourth-order valence-electron chi connectivity index (χ4n) is 2.84. The Morgan fingerprint density at radius 3 is 2.82 bits per heavy atom. The van der Waals surface area contributed by atoms with Gasteiger partial charge in [-0.05, 0) is 26.2 Å². The molecule has 0 aromatic rings. The minimum Gasteiger partial charge on any atom is -0.382 e. The van der Waals surface area contributed by atoms with Crippen LogP contribution in [0.5, 0.6) is 0 Å². The van der Waals surface area contributed by atoms with E-state index in [1.165, 1.54) is 0 Å². The number of halogens is 1. The third-order valence-electron chi connectivity index (χ3n) is 3.94. The second kappa shape index (κ2) is 11.4. The van der Waals surface area contributed by atoms with Crippen LogP contribution in [0.3, 0.4) is 0 Å². The van der Waals surface area contributed by atoms with E-state index in [1.54, 1.807) is 0 Å². The van der Waals surface area contributed by atoms with Gasteiger partial charge in [0, 0.05) is 46.5 Å². The summed E-state index contributed by atoms with van der Waals surface area (Å²) in [6, 6.07) is 0. The SMILES string of the molecule is CCOCCCNC(=NC)N1CCOC(C2CCCO2)C1.I. The molecule has 2 fully saturated rings. The maximum Gasteiger partial charge on any atom is 0.193 e. The van der Waals surface area contributed by atoms with Gasteiger partial charge in [-0.3, -0.25) is 4.99 Å². The van der Waals surface area contributed by atoms with Gasteiger partial charge in [0.05, 0.1) is 12.7 Å². The smallest absolute Gasteiger partial charge is 0.193 e. The van der Waals surface area contributed by atoms with Crippen LogP contribution < -0.4 is 5.32 Å². The number of nitrogens with one attached hydrogen (secondary N) is 1. The van der Waals surface area contributed by atoms with Gasteiger partial charge in [0.1, 0.15) is 6.10 Å². The standard InChI is InChI=1S/C15H29N3O3.HI/c1-3-19-9-5-7-17-15(16-2)18-8-11-21-14(12-18)13-6-4-10-20-13;/h13-14H,3-12H2,1-2H3,(H,16,17);1H. The first-order valence-corrected chi connectivity index (χ1v) is 8.11. The van der Waals surface area contributed by atoms with Gasteiger partial charge in [0.15, 0.2) is 5.96 Å². The van der Waals surface area contributed by atoms with Crippen LogP contribution in [0.2, 0.25) is 0 Å². The van der Waals surface area contributed by atoms with E-state index in [0.717, 1.165) is 71.3 Å². The Labute approximate surface area is 151 Å². The highest BCUT2D eigenvalue weighted by atomic mass is 127. The monoisotopic (exact) mass is 427 g/mol. The van der Waals surface area contributed by atoms with Crippen molar-refractivity contribution in [3.05, 3.63) is 0 Å². The number of hydrogen-bond acceptors (Lipinski definition) is 4. The van der Waals surface area contributed by atoms with E-state index in [9.17, 15) is 0 Å². The van der Waals surface area contributed by atoms with Crippen molar-refractivity contribution in [2.45, 2.75) is 38.4 Å². The molecule has 0 amide bonds. The number of morpholine rings is 1. The summed E-state index contributed by atoms with van der Waals surface area (Å²) in [4.78, 5) is 6.66. The van der Waals surface area contributed by atoms with Crippen LogP contribution in [0.25, 0.3) is 0 Å². The molecule has 0 aliphatic carbocycles. The quantitative estimate of drug-likeness (QED) is 0.301. The molecule has 1 N–H and O–H groups in total. The summed E-state index contributed by atoms with van der Waals surface area (Å²) >= 11 is 0. The molecule has 2 atom stereocenters. The zero-order valence-corrected chi connectivity index (χ0v) is 16.1. The van der Waals surface area contributed by atoms with Gasteiger partial charge in [0.2, 0.25) is 0 Å². The van der Waals surface area contributed by atoms with Crippen molar-refractivity contribution in [3.8, 4) is 0 Å². The topological polar surface area (TPSA) is 55.3 Å². The molecule has 0 bridgehead atoms. The lowest BCUT2D eigenvalue weighted by Crippen LogP contribution is -2.53. The van der Waals surface area contributed by atoms with E-state index >= 15 is 0 Å². The van der Waals surface area contributed by atoms with Crippen LogP contribution in [-0.4, -0.2) is 76.2 Å². The lowest BCUT2D eigenvalue weighted by atomic mass is 10.1. The van der Waals surface area contributed by atoms with E-state index in [4.69, 9.17) is 14.2 Å². The van der Waals surface area contributed by atoms with Crippen molar-refractivity contribution < 1.29 is 14.2 Å². The lowest BCUT2D eigenvalue weighted by Gasteiger charge is -2.37. The van der Waals surface area contributed by atoms with Crippen molar-refractivity contribution >= 4 is 29.9 Å². The van der Waals surface area contributed by atoms with E-state index in [0.29, 0.717) is 0 Å². The molecule has 0 aromatic carbocycles. The number of guanidine groups is 1. The number of nitrogens with zero attached hydrogens (tertiary/aromatic N) is 2. The van der Waals surface area contributed by atoms with E-state index < -0.39 is 0 Å². The molecule has 22 heavy (non-hydrogen) atoms. The molecule has 6 nitrogen and oxygen atoms in total. The number of ether oxygens (including phenoxy) is 3. The van der Waals surface area contributed by atoms with Crippen LogP contribution in [0.1, 0.15) is 26.2 Å². The third kappa shape index (κ3) is 6.17. The minimum atomic E-state index is 0. The molecular weight excluding hydrogens is 397 g/mol. The average molecular weight is 427 g/mol. The summed E-state index contributed by atoms with van der Waals surface area (Å²) in [6.45, 7) is 7.83. The second-order valence-electron chi connectivity index (χ2n) is 5.43. The number of hydrogen-bond donors (Lipinski definition) is 1. The predicted molar refractivity (Wildman–Crippen MR) is 98.2 cm³/mol. The van der Waals surface area contributed by atoms with Gasteiger partial charge in [-0.1, -0.05) is 0 Å². The van der Waals surface area contributed by atoms with Gasteiger partial charge < -0.3 is 24.4 Å². The van der Waals surface area contributed by atoms with E-state index in [-0.39, 0.29) is 36.2 Å². The largest absolute Gasteiger partial charge is 0.382 e. The van der Waals surface area contributed by atoms with Crippen LogP contribution in [0, 0.1) is 0 Å². The summed E-state index contributed by atoms with van der Waals surface area (Å²) in [7, 11) is 1.83. The molecule has 2 heterocycles. The molecule has 0 aromatic heterocycles. The summed E-state index contributed by atoms with van der Waals surface area (Å²) in [6.07, 6.45) is 3.67. The van der Waals surface area contributed by atoms with Gasteiger partial charge in [-0.25, -0.2) is 0 Å². The third-order valence-corrected chi connectivity index (χ3v) is 3.94. The molecule has 2 aliphatic heterocycles. The fourth-order valence-corrected chi connectivity index (χ4v) is 2.84. The van der Waals surface area contributed by atoms with Crippen LogP contribution in [0.15, 0.2) is 4.99 Å². The Kier molecular flexibility index (Phi) is 10.3. The Morgan fingerprint density at radius 1 is 1.32 bits per heavy atom. The zero-order chi connectivity index (χ0) is 14.9. The van der Waals surface area contributed by atoms with Crippen molar-refractivity contribution in [1.82, 2.24) is 10.2 Å². The molecule has 2 unspecified atom stereocenters. The first-order valence-electron chi connectivity index (χ1n) is 8.11. The maximum absolute atomic E-state index is 5.87. The first kappa shape index (κ1) is 19.9. The summed E-state index contributed by atoms with van der Waals surface area (Å²) < 4.78 is 17.0. The first-order chi connectivity index (χ1) is 10.3. The second-order valence-corrected chi connectivity index (χ2v) is 5.43. The molecule has 2 saturated heterocycles. The Bertz CT molecular complexity index is 325. The molecule has 2 aliphatic rings. The Balaban J connectivity index is 0.00000242. The molecule has 0 radical (unpaired) electrons. The normalized spacial score (nSPS) is 25.9. The van der Waals surface area contributed by atoms with Crippen molar-refractivity contribution in [3.63, 3.8) is 0 Å². The van der Waals surface area contributed by atoms with E-state index in [2.05, 4.69) is 15.2 Å². The average Bonchev–Trinajstić information content (AvgIpc) is 3.05. The summed E-state index contributed by atoms with van der Waals surface area (Å²) in [5.74, 6) is 0.956. The molecule has 130 valence electrons. The molecule has 0 saturated carbocycles. The number of rotatable bonds is 6.